The van der Waals surface area contributed by atoms with E-state index in [1.54, 1.807) is 36.3 Å². The maximum Gasteiger partial charge on any atom is 0.254 e. The number of nitrogens with one attached hydrogen (secondary N) is 1. The standard InChI is InChI=1S/C26H33FN4O4/c1-17(2)15-30(25(33)19-6-10-22(35-3)11-7-19)21-14-23(24(32)29-13-12-28)31(16-21)26(34)18-4-8-20(27)9-5-18/h4-11,17,21,23H,12-16,28H2,1-3H3,(H,29,32). The molecule has 2 atom stereocenters. The summed E-state index contributed by atoms with van der Waals surface area (Å²) < 4.78 is 18.6. The molecule has 35 heavy (non-hydrogen) atoms. The monoisotopic (exact) mass is 484 g/mol. The largest absolute Gasteiger partial charge is 0.497 e. The lowest BCUT2D eigenvalue weighted by molar-refractivity contribution is -0.124. The minimum Gasteiger partial charge on any atom is -0.497 e. The first-order valence-corrected chi connectivity index (χ1v) is 11.7. The number of carbonyl (C=O) groups excluding carboxylic acids is 3. The SMILES string of the molecule is COc1ccc(C(=O)N(CC(C)C)C2CC(C(=O)NCCN)N(C(=O)c3ccc(F)cc3)C2)cc1. The third kappa shape index (κ3) is 6.36. The molecular weight excluding hydrogens is 451 g/mol. The lowest BCUT2D eigenvalue weighted by atomic mass is 10.1. The number of ether oxygens (including phenoxy) is 1. The highest BCUT2D eigenvalue weighted by Crippen LogP contribution is 2.27. The van der Waals surface area contributed by atoms with Crippen LogP contribution in [0.15, 0.2) is 48.5 Å². The van der Waals surface area contributed by atoms with Gasteiger partial charge in [-0.25, -0.2) is 4.39 Å². The van der Waals surface area contributed by atoms with Crippen LogP contribution in [-0.2, 0) is 4.79 Å². The fourth-order valence-corrected chi connectivity index (χ4v) is 4.27. The Bertz CT molecular complexity index is 1030. The predicted molar refractivity (Wildman–Crippen MR) is 131 cm³/mol. The van der Waals surface area contributed by atoms with Crippen LogP contribution in [-0.4, -0.2) is 72.9 Å². The summed E-state index contributed by atoms with van der Waals surface area (Å²) in [6.07, 6.45) is 0.290. The van der Waals surface area contributed by atoms with Crippen molar-refractivity contribution in [2.75, 3.05) is 33.3 Å². The summed E-state index contributed by atoms with van der Waals surface area (Å²) in [7, 11) is 1.56. The van der Waals surface area contributed by atoms with Crippen LogP contribution in [0.25, 0.3) is 0 Å². The van der Waals surface area contributed by atoms with Crippen molar-refractivity contribution < 1.29 is 23.5 Å². The fourth-order valence-electron chi connectivity index (χ4n) is 4.27. The van der Waals surface area contributed by atoms with Crippen molar-refractivity contribution in [3.63, 3.8) is 0 Å². The number of nitrogens with zero attached hydrogens (tertiary/aromatic N) is 2. The van der Waals surface area contributed by atoms with Crippen LogP contribution < -0.4 is 15.8 Å². The molecule has 2 aromatic rings. The van der Waals surface area contributed by atoms with Crippen LogP contribution in [0.3, 0.4) is 0 Å². The summed E-state index contributed by atoms with van der Waals surface area (Å²) in [6, 6.07) is 10.9. The Balaban J connectivity index is 1.90. The van der Waals surface area contributed by atoms with Gasteiger partial charge in [0.05, 0.1) is 13.2 Å². The van der Waals surface area contributed by atoms with E-state index in [2.05, 4.69) is 5.32 Å². The van der Waals surface area contributed by atoms with Gasteiger partial charge in [0.1, 0.15) is 17.6 Å². The summed E-state index contributed by atoms with van der Waals surface area (Å²) >= 11 is 0. The van der Waals surface area contributed by atoms with Crippen LogP contribution >= 0.6 is 0 Å². The Morgan fingerprint density at radius 2 is 1.74 bits per heavy atom. The molecule has 3 amide bonds. The Morgan fingerprint density at radius 1 is 1.11 bits per heavy atom. The van der Waals surface area contributed by atoms with Crippen LogP contribution in [0.1, 0.15) is 41.0 Å². The average molecular weight is 485 g/mol. The Hall–Kier alpha value is -3.46. The van der Waals surface area contributed by atoms with Gasteiger partial charge < -0.3 is 25.6 Å². The predicted octanol–water partition coefficient (Wildman–Crippen LogP) is 2.29. The Kier molecular flexibility index (Phi) is 8.81. The van der Waals surface area contributed by atoms with Crippen LogP contribution in [0.4, 0.5) is 4.39 Å². The fraction of sp³-hybridized carbons (Fsp3) is 0.423. The Morgan fingerprint density at radius 3 is 2.31 bits per heavy atom. The van der Waals surface area contributed by atoms with Gasteiger partial charge in [0.2, 0.25) is 5.91 Å². The van der Waals surface area contributed by atoms with Crippen molar-refractivity contribution in [2.45, 2.75) is 32.4 Å². The lowest BCUT2D eigenvalue weighted by Gasteiger charge is -2.31. The van der Waals surface area contributed by atoms with Gasteiger partial charge >= 0.3 is 0 Å². The zero-order valence-corrected chi connectivity index (χ0v) is 20.4. The highest BCUT2D eigenvalue weighted by atomic mass is 19.1. The molecule has 1 fully saturated rings. The van der Waals surface area contributed by atoms with Gasteiger partial charge in [-0.3, -0.25) is 14.4 Å². The Labute approximate surface area is 205 Å². The molecule has 0 saturated carbocycles. The molecule has 2 unspecified atom stereocenters. The van der Waals surface area contributed by atoms with E-state index in [4.69, 9.17) is 10.5 Å². The van der Waals surface area contributed by atoms with Gasteiger partial charge in [-0.2, -0.15) is 0 Å². The molecule has 3 N–H and O–H groups in total. The minimum atomic E-state index is -0.776. The van der Waals surface area contributed by atoms with Gasteiger partial charge in [0.15, 0.2) is 0 Å². The van der Waals surface area contributed by atoms with Crippen molar-refractivity contribution >= 4 is 17.7 Å². The molecular formula is C26H33FN4O4. The van der Waals surface area contributed by atoms with E-state index in [-0.39, 0.29) is 61.3 Å². The summed E-state index contributed by atoms with van der Waals surface area (Å²) in [4.78, 5) is 43.0. The highest BCUT2D eigenvalue weighted by Gasteiger charge is 2.43. The number of rotatable bonds is 9. The van der Waals surface area contributed by atoms with E-state index in [0.717, 1.165) is 0 Å². The maximum atomic E-state index is 13.5. The van der Waals surface area contributed by atoms with E-state index in [0.29, 0.717) is 17.9 Å². The van der Waals surface area contributed by atoms with Crippen molar-refractivity contribution in [1.82, 2.24) is 15.1 Å². The quantitative estimate of drug-likeness (QED) is 0.568. The highest BCUT2D eigenvalue weighted by molar-refractivity contribution is 5.98. The number of carbonyl (C=O) groups is 3. The van der Waals surface area contributed by atoms with E-state index in [1.165, 1.54) is 29.2 Å². The molecule has 0 aromatic heterocycles. The molecule has 1 heterocycles. The number of hydrogen-bond donors (Lipinski definition) is 2. The topological polar surface area (TPSA) is 105 Å². The lowest BCUT2D eigenvalue weighted by Crippen LogP contribution is -2.47. The third-order valence-electron chi connectivity index (χ3n) is 5.98. The average Bonchev–Trinajstić information content (AvgIpc) is 3.30. The van der Waals surface area contributed by atoms with E-state index >= 15 is 0 Å². The van der Waals surface area contributed by atoms with Crippen molar-refractivity contribution in [3.05, 3.63) is 65.5 Å². The van der Waals surface area contributed by atoms with Crippen molar-refractivity contribution in [3.8, 4) is 5.75 Å². The van der Waals surface area contributed by atoms with E-state index in [9.17, 15) is 18.8 Å². The van der Waals surface area contributed by atoms with Gasteiger partial charge in [-0.05, 0) is 60.9 Å². The molecule has 1 aliphatic heterocycles. The van der Waals surface area contributed by atoms with Crippen LogP contribution in [0, 0.1) is 11.7 Å². The number of benzene rings is 2. The second-order valence-electron chi connectivity index (χ2n) is 9.03. The first-order valence-electron chi connectivity index (χ1n) is 11.7. The van der Waals surface area contributed by atoms with Crippen molar-refractivity contribution in [1.29, 1.82) is 0 Å². The van der Waals surface area contributed by atoms with Gasteiger partial charge in [-0.15, -0.1) is 0 Å². The molecule has 0 bridgehead atoms. The second-order valence-corrected chi connectivity index (χ2v) is 9.03. The summed E-state index contributed by atoms with van der Waals surface area (Å²) in [5.41, 5.74) is 6.31. The number of halogens is 1. The van der Waals surface area contributed by atoms with Crippen molar-refractivity contribution in [2.24, 2.45) is 11.7 Å². The third-order valence-corrected chi connectivity index (χ3v) is 5.98. The zero-order valence-electron chi connectivity index (χ0n) is 20.4. The minimum absolute atomic E-state index is 0.170. The normalized spacial score (nSPS) is 17.4. The molecule has 1 saturated heterocycles. The molecule has 1 aliphatic rings. The van der Waals surface area contributed by atoms with Gasteiger partial charge in [-0.1, -0.05) is 13.8 Å². The smallest absolute Gasteiger partial charge is 0.254 e. The molecule has 0 aliphatic carbocycles. The summed E-state index contributed by atoms with van der Waals surface area (Å²) in [6.45, 7) is 5.21. The zero-order chi connectivity index (χ0) is 25.5. The van der Waals surface area contributed by atoms with Gasteiger partial charge in [0.25, 0.3) is 11.8 Å². The molecule has 9 heteroatoms. The van der Waals surface area contributed by atoms with Gasteiger partial charge in [0, 0.05) is 37.3 Å². The molecule has 8 nitrogen and oxygen atoms in total. The van der Waals surface area contributed by atoms with Crippen LogP contribution in [0.2, 0.25) is 0 Å². The number of amides is 3. The van der Waals surface area contributed by atoms with E-state index in [1.807, 2.05) is 13.8 Å². The number of methoxy groups -OCH3 is 1. The number of likely N-dealkylation sites (tertiary alicyclic amines) is 1. The van der Waals surface area contributed by atoms with E-state index < -0.39 is 11.9 Å². The van der Waals surface area contributed by atoms with Crippen LogP contribution in [0.5, 0.6) is 5.75 Å². The molecule has 0 radical (unpaired) electrons. The molecule has 188 valence electrons. The molecule has 3 rings (SSSR count). The molecule has 2 aromatic carbocycles. The maximum absolute atomic E-state index is 13.5. The second kappa shape index (κ2) is 11.8. The first kappa shape index (κ1) is 26.2. The summed E-state index contributed by atoms with van der Waals surface area (Å²) in [5, 5.41) is 2.76. The first-order chi connectivity index (χ1) is 16.7. The molecule has 0 spiro atoms. The summed E-state index contributed by atoms with van der Waals surface area (Å²) in [5.74, 6) is -0.527. The number of nitrogens with two attached hydrogens (primary N) is 1. The number of hydrogen-bond acceptors (Lipinski definition) is 5.